The van der Waals surface area contributed by atoms with Gasteiger partial charge in [0.05, 0.1) is 16.0 Å². The molecule has 1 fully saturated rings. The molecule has 0 bridgehead atoms. The van der Waals surface area contributed by atoms with Gasteiger partial charge in [-0.15, -0.1) is 0 Å². The molecule has 0 radical (unpaired) electrons. The summed E-state index contributed by atoms with van der Waals surface area (Å²) in [4.78, 5) is 28.6. The molecule has 2 aromatic rings. The summed E-state index contributed by atoms with van der Waals surface area (Å²) in [6.45, 7) is 8.81. The van der Waals surface area contributed by atoms with E-state index in [4.69, 9.17) is 23.2 Å². The number of carbonyl (C=O) groups excluding carboxylic acids is 1. The van der Waals surface area contributed by atoms with Gasteiger partial charge in [0.1, 0.15) is 0 Å². The number of unbranched alkanes of at least 4 members (excludes halogenated alkanes) is 1. The molecule has 0 aromatic heterocycles. The van der Waals surface area contributed by atoms with E-state index in [1.54, 1.807) is 0 Å². The van der Waals surface area contributed by atoms with Crippen LogP contribution in [0.1, 0.15) is 92.8 Å². The number of hydrogen-bond donors (Lipinski definition) is 1. The van der Waals surface area contributed by atoms with Crippen molar-refractivity contribution in [2.75, 3.05) is 13.1 Å². The number of nitrogens with zero attached hydrogens (tertiary/aromatic N) is 1. The van der Waals surface area contributed by atoms with Crippen LogP contribution in [0.5, 0.6) is 0 Å². The molecule has 1 aliphatic carbocycles. The third-order valence-corrected chi connectivity index (χ3v) is 10.0. The van der Waals surface area contributed by atoms with Crippen LogP contribution in [0.2, 0.25) is 10.0 Å². The average Bonchev–Trinajstić information content (AvgIpc) is 2.93. The number of carboxylic acid groups (broad SMARTS) is 1. The maximum absolute atomic E-state index is 14.1. The van der Waals surface area contributed by atoms with Gasteiger partial charge in [0.25, 0.3) is 5.91 Å². The zero-order valence-corrected chi connectivity index (χ0v) is 26.0. The molecule has 1 N–H and O–H groups in total. The molecule has 4 rings (SSSR count). The summed E-state index contributed by atoms with van der Waals surface area (Å²) in [6, 6.07) is 9.95. The van der Waals surface area contributed by atoms with Crippen LogP contribution in [0, 0.1) is 26.7 Å². The second kappa shape index (κ2) is 11.4. The lowest BCUT2D eigenvalue weighted by atomic mass is 9.53. The Hall–Kier alpha value is -1.75. The molecule has 202 valence electrons. The summed E-state index contributed by atoms with van der Waals surface area (Å²) in [5.41, 5.74) is 1.50. The van der Waals surface area contributed by atoms with Gasteiger partial charge in [0, 0.05) is 39.6 Å². The monoisotopic (exact) mass is 665 g/mol. The molecular weight excluding hydrogens is 632 g/mol. The number of hydrogen-bond acceptors (Lipinski definition) is 2. The minimum Gasteiger partial charge on any atom is -0.481 e. The van der Waals surface area contributed by atoms with E-state index in [2.05, 4.69) is 41.4 Å². The molecule has 0 saturated heterocycles. The second-order valence-electron chi connectivity index (χ2n) is 11.4. The van der Waals surface area contributed by atoms with Crippen molar-refractivity contribution in [3.8, 4) is 11.8 Å². The molecule has 2 aromatic carbocycles. The molecule has 7 heteroatoms. The number of halogens is 3. The Balaban J connectivity index is 1.72. The average molecular weight is 666 g/mol. The first kappa shape index (κ1) is 29.2. The van der Waals surface area contributed by atoms with E-state index in [9.17, 15) is 14.7 Å². The van der Waals surface area contributed by atoms with Crippen LogP contribution in [0.25, 0.3) is 0 Å². The summed E-state index contributed by atoms with van der Waals surface area (Å²) in [6.07, 6.45) is 3.44. The number of carboxylic acids is 1. The SMILES string of the molecule is CC(C)c1c(Cl)cc2c(c1Cl)C(=O)N(CCCC#Cc1ccc(I)cc1)C[C@H]1[C@](C)(C(=O)O)CCC[C@]21C. The maximum Gasteiger partial charge on any atom is 0.309 e. The Bertz CT molecular complexity index is 1310. The van der Waals surface area contributed by atoms with Gasteiger partial charge in [-0.2, -0.15) is 0 Å². The van der Waals surface area contributed by atoms with E-state index in [-0.39, 0.29) is 17.7 Å². The van der Waals surface area contributed by atoms with Gasteiger partial charge in [-0.05, 0) is 102 Å². The highest BCUT2D eigenvalue weighted by atomic mass is 127. The minimum atomic E-state index is -0.965. The van der Waals surface area contributed by atoms with Crippen molar-refractivity contribution in [3.05, 3.63) is 66.2 Å². The van der Waals surface area contributed by atoms with Crippen molar-refractivity contribution in [2.24, 2.45) is 11.3 Å². The van der Waals surface area contributed by atoms with Crippen molar-refractivity contribution in [2.45, 2.75) is 71.1 Å². The summed E-state index contributed by atoms with van der Waals surface area (Å²) in [5, 5.41) is 11.3. The molecule has 0 unspecified atom stereocenters. The lowest BCUT2D eigenvalue weighted by Gasteiger charge is -2.50. The van der Waals surface area contributed by atoms with Gasteiger partial charge in [-0.25, -0.2) is 0 Å². The largest absolute Gasteiger partial charge is 0.481 e. The molecule has 3 atom stereocenters. The Kier molecular flexibility index (Phi) is 8.76. The Labute approximate surface area is 249 Å². The molecule has 2 aliphatic rings. The number of rotatable bonds is 5. The standard InChI is InChI=1S/C31H34Cl2INO3/c1-19(2)25-23(32)17-22-26(27(25)33)28(36)35(16-7-5-6-9-20-10-12-21(34)13-11-20)18-24-30(22,3)14-8-15-31(24,4)29(37)38/h10-13,17,19,24H,5,7-8,14-16,18H2,1-4H3,(H,37,38)/t24-,30-,31-/m1/s1. The van der Waals surface area contributed by atoms with Crippen LogP contribution in [-0.2, 0) is 10.2 Å². The lowest BCUT2D eigenvalue weighted by Crippen LogP contribution is -2.53. The fourth-order valence-corrected chi connectivity index (χ4v) is 7.72. The first-order valence-electron chi connectivity index (χ1n) is 13.2. The minimum absolute atomic E-state index is 0.0422. The van der Waals surface area contributed by atoms with Gasteiger partial charge in [0.2, 0.25) is 0 Å². The van der Waals surface area contributed by atoms with E-state index in [0.29, 0.717) is 48.0 Å². The van der Waals surface area contributed by atoms with Crippen molar-refractivity contribution in [1.29, 1.82) is 0 Å². The zero-order chi connectivity index (χ0) is 27.8. The third-order valence-electron chi connectivity index (χ3n) is 8.58. The van der Waals surface area contributed by atoms with Crippen LogP contribution in [0.15, 0.2) is 30.3 Å². The fourth-order valence-electron chi connectivity index (χ4n) is 6.39. The van der Waals surface area contributed by atoms with Crippen molar-refractivity contribution in [1.82, 2.24) is 4.90 Å². The molecular formula is C31H34Cl2INO3. The molecule has 1 aliphatic heterocycles. The van der Waals surface area contributed by atoms with E-state index in [1.165, 1.54) is 0 Å². The van der Waals surface area contributed by atoms with Crippen LogP contribution in [0.3, 0.4) is 0 Å². The molecule has 0 spiro atoms. The quantitative estimate of drug-likeness (QED) is 0.199. The highest BCUT2D eigenvalue weighted by molar-refractivity contribution is 14.1. The highest BCUT2D eigenvalue weighted by Gasteiger charge is 2.57. The summed E-state index contributed by atoms with van der Waals surface area (Å²) in [7, 11) is 0. The van der Waals surface area contributed by atoms with Gasteiger partial charge in [-0.1, -0.05) is 62.2 Å². The zero-order valence-electron chi connectivity index (χ0n) is 22.3. The Morgan fingerprint density at radius 1 is 1.21 bits per heavy atom. The number of fused-ring (bicyclic) bond motifs is 3. The smallest absolute Gasteiger partial charge is 0.309 e. The summed E-state index contributed by atoms with van der Waals surface area (Å²) in [5.74, 6) is 5.23. The van der Waals surface area contributed by atoms with Crippen LogP contribution in [0.4, 0.5) is 0 Å². The normalized spacial score (nSPS) is 24.8. The van der Waals surface area contributed by atoms with Crippen molar-refractivity contribution >= 4 is 57.7 Å². The third kappa shape index (κ3) is 5.33. The number of aliphatic carboxylic acids is 1. The fraction of sp³-hybridized carbons (Fsp3) is 0.484. The van der Waals surface area contributed by atoms with Gasteiger partial charge in [0.15, 0.2) is 0 Å². The molecule has 38 heavy (non-hydrogen) atoms. The summed E-state index contributed by atoms with van der Waals surface area (Å²) >= 11 is 16.0. The molecule has 4 nitrogen and oxygen atoms in total. The first-order valence-corrected chi connectivity index (χ1v) is 15.0. The predicted octanol–water partition coefficient (Wildman–Crippen LogP) is 8.16. The maximum atomic E-state index is 14.1. The van der Waals surface area contributed by atoms with Crippen LogP contribution >= 0.6 is 45.8 Å². The van der Waals surface area contributed by atoms with Crippen molar-refractivity contribution in [3.63, 3.8) is 0 Å². The highest BCUT2D eigenvalue weighted by Crippen LogP contribution is 2.56. The topological polar surface area (TPSA) is 57.6 Å². The van der Waals surface area contributed by atoms with Crippen LogP contribution in [-0.4, -0.2) is 35.0 Å². The van der Waals surface area contributed by atoms with Gasteiger partial charge < -0.3 is 10.0 Å². The lowest BCUT2D eigenvalue weighted by molar-refractivity contribution is -0.157. The number of amides is 1. The Morgan fingerprint density at radius 2 is 1.89 bits per heavy atom. The number of carbonyl (C=O) groups is 2. The second-order valence-corrected chi connectivity index (χ2v) is 13.4. The summed E-state index contributed by atoms with van der Waals surface area (Å²) < 4.78 is 1.16. The van der Waals surface area contributed by atoms with Crippen LogP contribution < -0.4 is 0 Å². The number of benzene rings is 2. The Morgan fingerprint density at radius 3 is 2.53 bits per heavy atom. The van der Waals surface area contributed by atoms with E-state index >= 15 is 0 Å². The van der Waals surface area contributed by atoms with E-state index < -0.39 is 16.8 Å². The molecule has 1 heterocycles. The molecule has 1 saturated carbocycles. The predicted molar refractivity (Wildman–Crippen MR) is 162 cm³/mol. The van der Waals surface area contributed by atoms with Crippen molar-refractivity contribution < 1.29 is 14.7 Å². The van der Waals surface area contributed by atoms with E-state index in [0.717, 1.165) is 33.1 Å². The first-order chi connectivity index (χ1) is 17.9. The van der Waals surface area contributed by atoms with Gasteiger partial charge in [-0.3, -0.25) is 9.59 Å². The van der Waals surface area contributed by atoms with Gasteiger partial charge >= 0.3 is 5.97 Å². The molecule has 1 amide bonds. The van der Waals surface area contributed by atoms with E-state index in [1.807, 2.05) is 56.0 Å².